The minimum absolute atomic E-state index is 0.0258. The maximum Gasteiger partial charge on any atom is 0.251 e. The molecule has 0 heterocycles. The van der Waals surface area contributed by atoms with E-state index in [1.165, 1.54) is 12.8 Å². The number of nitrogens with one attached hydrogen (secondary N) is 1. The summed E-state index contributed by atoms with van der Waals surface area (Å²) >= 11 is 4.22. The van der Waals surface area contributed by atoms with Crippen LogP contribution >= 0.6 is 12.6 Å². The van der Waals surface area contributed by atoms with E-state index in [2.05, 4.69) is 31.8 Å². The quantitative estimate of drug-likeness (QED) is 0.715. The van der Waals surface area contributed by atoms with Crippen LogP contribution in [-0.2, 0) is 0 Å². The number of hydrogen-bond acceptors (Lipinski definition) is 2. The Morgan fingerprint density at radius 1 is 1.17 bits per heavy atom. The average Bonchev–Trinajstić information content (AvgIpc) is 2.37. The lowest BCUT2D eigenvalue weighted by atomic mass is 10.0. The van der Waals surface area contributed by atoms with Crippen LogP contribution in [0.25, 0.3) is 0 Å². The van der Waals surface area contributed by atoms with Gasteiger partial charge in [-0.15, -0.1) is 12.6 Å². The first kappa shape index (κ1) is 15.1. The molecule has 1 unspecified atom stereocenters. The fourth-order valence-electron chi connectivity index (χ4n) is 1.97. The number of rotatable bonds is 7. The molecule has 0 saturated carbocycles. The van der Waals surface area contributed by atoms with Crippen molar-refractivity contribution in [2.45, 2.75) is 56.9 Å². The summed E-state index contributed by atoms with van der Waals surface area (Å²) in [6.07, 6.45) is 5.56. The standard InChI is InChI=1S/C15H23NOS/c1-3-5-7-13(6-4-2)16-15(17)12-8-10-14(18)11-9-12/h8-11,13,18H,3-7H2,1-2H3,(H,16,17). The van der Waals surface area contributed by atoms with E-state index in [4.69, 9.17) is 0 Å². The summed E-state index contributed by atoms with van der Waals surface area (Å²) in [4.78, 5) is 12.9. The van der Waals surface area contributed by atoms with Gasteiger partial charge in [-0.3, -0.25) is 4.79 Å². The van der Waals surface area contributed by atoms with Crippen molar-refractivity contribution in [2.24, 2.45) is 0 Å². The lowest BCUT2D eigenvalue weighted by Crippen LogP contribution is -2.34. The molecule has 0 fully saturated rings. The summed E-state index contributed by atoms with van der Waals surface area (Å²) in [6, 6.07) is 7.64. The lowest BCUT2D eigenvalue weighted by Gasteiger charge is -2.17. The van der Waals surface area contributed by atoms with Crippen molar-refractivity contribution in [1.29, 1.82) is 0 Å². The molecule has 0 bridgehead atoms. The Morgan fingerprint density at radius 3 is 2.39 bits per heavy atom. The fraction of sp³-hybridized carbons (Fsp3) is 0.533. The van der Waals surface area contributed by atoms with Crippen molar-refractivity contribution in [3.05, 3.63) is 29.8 Å². The highest BCUT2D eigenvalue weighted by Gasteiger charge is 2.12. The third kappa shape index (κ3) is 5.13. The molecule has 1 rings (SSSR count). The highest BCUT2D eigenvalue weighted by atomic mass is 32.1. The van der Waals surface area contributed by atoms with E-state index in [0.29, 0.717) is 11.6 Å². The second-order valence-corrected chi connectivity index (χ2v) is 5.16. The van der Waals surface area contributed by atoms with Crippen LogP contribution in [0.5, 0.6) is 0 Å². The van der Waals surface area contributed by atoms with Gasteiger partial charge in [-0.05, 0) is 37.1 Å². The molecule has 0 aliphatic rings. The largest absolute Gasteiger partial charge is 0.349 e. The van der Waals surface area contributed by atoms with Crippen LogP contribution in [-0.4, -0.2) is 11.9 Å². The highest BCUT2D eigenvalue weighted by molar-refractivity contribution is 7.80. The molecule has 18 heavy (non-hydrogen) atoms. The molecule has 1 aromatic carbocycles. The van der Waals surface area contributed by atoms with Crippen LogP contribution in [0, 0.1) is 0 Å². The Bertz CT molecular complexity index is 361. The monoisotopic (exact) mass is 265 g/mol. The van der Waals surface area contributed by atoms with E-state index in [9.17, 15) is 4.79 Å². The summed E-state index contributed by atoms with van der Waals surface area (Å²) in [7, 11) is 0. The van der Waals surface area contributed by atoms with E-state index < -0.39 is 0 Å². The van der Waals surface area contributed by atoms with Crippen LogP contribution in [0.15, 0.2) is 29.2 Å². The molecule has 100 valence electrons. The molecule has 0 aliphatic carbocycles. The van der Waals surface area contributed by atoms with Gasteiger partial charge >= 0.3 is 0 Å². The van der Waals surface area contributed by atoms with Crippen LogP contribution in [0.4, 0.5) is 0 Å². The third-order valence-electron chi connectivity index (χ3n) is 3.01. The number of amides is 1. The Balaban J connectivity index is 2.56. The van der Waals surface area contributed by atoms with Gasteiger partial charge in [-0.25, -0.2) is 0 Å². The Labute approximate surface area is 116 Å². The van der Waals surface area contributed by atoms with Gasteiger partial charge in [-0.1, -0.05) is 33.1 Å². The Hall–Kier alpha value is -0.960. The van der Waals surface area contributed by atoms with Crippen LogP contribution in [0.3, 0.4) is 0 Å². The SMILES string of the molecule is CCCCC(CCC)NC(=O)c1ccc(S)cc1. The second-order valence-electron chi connectivity index (χ2n) is 4.65. The molecular weight excluding hydrogens is 242 g/mol. The van der Waals surface area contributed by atoms with Gasteiger partial charge < -0.3 is 5.32 Å². The fourth-order valence-corrected chi connectivity index (χ4v) is 2.12. The number of hydrogen-bond donors (Lipinski definition) is 2. The number of unbranched alkanes of at least 4 members (excludes halogenated alkanes) is 1. The minimum Gasteiger partial charge on any atom is -0.349 e. The summed E-state index contributed by atoms with van der Waals surface area (Å²) in [5.41, 5.74) is 0.713. The summed E-state index contributed by atoms with van der Waals surface area (Å²) < 4.78 is 0. The second kappa shape index (κ2) is 8.20. The van der Waals surface area contributed by atoms with E-state index in [1.54, 1.807) is 0 Å². The van der Waals surface area contributed by atoms with Gasteiger partial charge in [0.25, 0.3) is 5.91 Å². The maximum atomic E-state index is 12.1. The molecule has 0 aromatic heterocycles. The first-order chi connectivity index (χ1) is 8.67. The zero-order valence-electron chi connectivity index (χ0n) is 11.3. The van der Waals surface area contributed by atoms with E-state index in [-0.39, 0.29) is 5.91 Å². The maximum absolute atomic E-state index is 12.1. The van der Waals surface area contributed by atoms with Gasteiger partial charge in [0, 0.05) is 16.5 Å². The Kier molecular flexibility index (Phi) is 6.88. The normalized spacial score (nSPS) is 12.2. The molecule has 0 saturated heterocycles. The average molecular weight is 265 g/mol. The van der Waals surface area contributed by atoms with Crippen molar-refractivity contribution >= 4 is 18.5 Å². The van der Waals surface area contributed by atoms with Crippen molar-refractivity contribution in [3.8, 4) is 0 Å². The molecule has 1 N–H and O–H groups in total. The van der Waals surface area contributed by atoms with E-state index >= 15 is 0 Å². The number of thiol groups is 1. The van der Waals surface area contributed by atoms with Crippen LogP contribution in [0.2, 0.25) is 0 Å². The Morgan fingerprint density at radius 2 is 1.83 bits per heavy atom. The lowest BCUT2D eigenvalue weighted by molar-refractivity contribution is 0.0932. The zero-order chi connectivity index (χ0) is 13.4. The summed E-state index contributed by atoms with van der Waals surface area (Å²) in [5.74, 6) is 0.0258. The first-order valence-electron chi connectivity index (χ1n) is 6.77. The minimum atomic E-state index is 0.0258. The molecule has 3 heteroatoms. The predicted octanol–water partition coefficient (Wildman–Crippen LogP) is 4.06. The van der Waals surface area contributed by atoms with Crippen molar-refractivity contribution < 1.29 is 4.79 Å². The van der Waals surface area contributed by atoms with Gasteiger partial charge in [-0.2, -0.15) is 0 Å². The molecule has 1 amide bonds. The zero-order valence-corrected chi connectivity index (χ0v) is 12.2. The molecule has 1 aromatic rings. The topological polar surface area (TPSA) is 29.1 Å². The molecule has 0 spiro atoms. The van der Waals surface area contributed by atoms with E-state index in [0.717, 1.165) is 24.2 Å². The number of carbonyl (C=O) groups excluding carboxylic acids is 1. The number of carbonyl (C=O) groups is 1. The molecule has 0 radical (unpaired) electrons. The molecule has 1 atom stereocenters. The van der Waals surface area contributed by atoms with Gasteiger partial charge in [0.05, 0.1) is 0 Å². The summed E-state index contributed by atoms with van der Waals surface area (Å²) in [5, 5.41) is 3.12. The van der Waals surface area contributed by atoms with Crippen LogP contribution < -0.4 is 5.32 Å². The van der Waals surface area contributed by atoms with Crippen molar-refractivity contribution in [3.63, 3.8) is 0 Å². The molecule has 0 aliphatic heterocycles. The smallest absolute Gasteiger partial charge is 0.251 e. The third-order valence-corrected chi connectivity index (χ3v) is 3.31. The predicted molar refractivity (Wildman–Crippen MR) is 79.4 cm³/mol. The van der Waals surface area contributed by atoms with Gasteiger partial charge in [0.1, 0.15) is 0 Å². The van der Waals surface area contributed by atoms with Gasteiger partial charge in [0.2, 0.25) is 0 Å². The van der Waals surface area contributed by atoms with Crippen molar-refractivity contribution in [2.75, 3.05) is 0 Å². The van der Waals surface area contributed by atoms with Crippen LogP contribution in [0.1, 0.15) is 56.3 Å². The highest BCUT2D eigenvalue weighted by Crippen LogP contribution is 2.10. The first-order valence-corrected chi connectivity index (χ1v) is 7.22. The van der Waals surface area contributed by atoms with Gasteiger partial charge in [0.15, 0.2) is 0 Å². The van der Waals surface area contributed by atoms with Crippen molar-refractivity contribution in [1.82, 2.24) is 5.32 Å². The molecule has 2 nitrogen and oxygen atoms in total. The molecular formula is C15H23NOS. The van der Waals surface area contributed by atoms with E-state index in [1.807, 2.05) is 24.3 Å². The summed E-state index contributed by atoms with van der Waals surface area (Å²) in [6.45, 7) is 4.33. The number of benzene rings is 1.